The highest BCUT2D eigenvalue weighted by Crippen LogP contribution is 2.29. The summed E-state index contributed by atoms with van der Waals surface area (Å²) in [7, 11) is 0. The van der Waals surface area contributed by atoms with Crippen LogP contribution in [-0.4, -0.2) is 63.6 Å². The Labute approximate surface area is 176 Å². The lowest BCUT2D eigenvalue weighted by molar-refractivity contribution is 0.137. The number of fused-ring (bicyclic) bond motifs is 1. The van der Waals surface area contributed by atoms with Gasteiger partial charge in [-0.05, 0) is 32.4 Å². The lowest BCUT2D eigenvalue weighted by atomic mass is 10.2. The maximum absolute atomic E-state index is 5.57. The van der Waals surface area contributed by atoms with Gasteiger partial charge in [-0.2, -0.15) is 10.1 Å². The zero-order chi connectivity index (χ0) is 20.9. The van der Waals surface area contributed by atoms with Gasteiger partial charge >= 0.3 is 0 Å². The summed E-state index contributed by atoms with van der Waals surface area (Å²) in [6, 6.07) is 6.18. The summed E-state index contributed by atoms with van der Waals surface area (Å²) >= 11 is 0. The van der Waals surface area contributed by atoms with Crippen LogP contribution in [0.25, 0.3) is 11.0 Å². The maximum atomic E-state index is 5.57. The van der Waals surface area contributed by atoms with Crippen LogP contribution in [0.15, 0.2) is 24.4 Å². The van der Waals surface area contributed by atoms with Crippen molar-refractivity contribution in [1.82, 2.24) is 30.0 Å². The summed E-state index contributed by atoms with van der Waals surface area (Å²) in [6.45, 7) is 10.9. The monoisotopic (exact) mass is 410 g/mol. The van der Waals surface area contributed by atoms with Crippen LogP contribution in [0.1, 0.15) is 26.5 Å². The van der Waals surface area contributed by atoms with E-state index in [1.807, 2.05) is 29.8 Å². The predicted molar refractivity (Wildman–Crippen MR) is 118 cm³/mol. The average Bonchev–Trinajstić information content (AvgIpc) is 3.13. The molecule has 0 unspecified atom stereocenters. The fourth-order valence-corrected chi connectivity index (χ4v) is 3.73. The van der Waals surface area contributed by atoms with Crippen LogP contribution in [0.2, 0.25) is 0 Å². The molecule has 1 saturated heterocycles. The van der Waals surface area contributed by atoms with E-state index in [0.717, 1.165) is 60.4 Å². The molecule has 0 bridgehead atoms. The normalized spacial score (nSPS) is 16.9. The molecule has 4 rings (SSSR count). The first-order valence-electron chi connectivity index (χ1n) is 10.7. The molecule has 0 aliphatic carbocycles. The van der Waals surface area contributed by atoms with E-state index in [1.54, 1.807) is 6.20 Å². The third-order valence-corrected chi connectivity index (χ3v) is 5.19. The molecule has 3 aromatic heterocycles. The SMILES string of the molecule is CCOCCn1nc(CC)c2nc(N3CCN[C@H](C)C3)nc(Nc3ccccn3)c21. The van der Waals surface area contributed by atoms with Gasteiger partial charge < -0.3 is 20.3 Å². The zero-order valence-electron chi connectivity index (χ0n) is 17.9. The molecule has 0 spiro atoms. The van der Waals surface area contributed by atoms with Crippen LogP contribution in [0.4, 0.5) is 17.6 Å². The molecule has 9 nitrogen and oxygen atoms in total. The second-order valence-corrected chi connectivity index (χ2v) is 7.43. The fraction of sp³-hybridized carbons (Fsp3) is 0.524. The van der Waals surface area contributed by atoms with Crippen molar-refractivity contribution < 1.29 is 4.74 Å². The van der Waals surface area contributed by atoms with Crippen molar-refractivity contribution in [3.63, 3.8) is 0 Å². The quantitative estimate of drug-likeness (QED) is 0.547. The molecule has 3 aromatic rings. The minimum Gasteiger partial charge on any atom is -0.380 e. The molecule has 4 heterocycles. The average molecular weight is 411 g/mol. The Morgan fingerprint density at radius 1 is 1.27 bits per heavy atom. The molecule has 1 fully saturated rings. The minimum absolute atomic E-state index is 0.393. The molecule has 1 aliphatic rings. The Bertz CT molecular complexity index is 974. The summed E-state index contributed by atoms with van der Waals surface area (Å²) in [6.07, 6.45) is 2.57. The fourth-order valence-electron chi connectivity index (χ4n) is 3.73. The number of nitrogens with zero attached hydrogens (tertiary/aromatic N) is 6. The van der Waals surface area contributed by atoms with Crippen molar-refractivity contribution in [2.24, 2.45) is 0 Å². The number of piperazine rings is 1. The largest absolute Gasteiger partial charge is 0.380 e. The van der Waals surface area contributed by atoms with Crippen LogP contribution in [-0.2, 0) is 17.7 Å². The number of rotatable bonds is 8. The number of aryl methyl sites for hydroxylation is 1. The molecule has 1 aliphatic heterocycles. The number of pyridine rings is 1. The Balaban J connectivity index is 1.80. The van der Waals surface area contributed by atoms with Crippen molar-refractivity contribution in [3.05, 3.63) is 30.1 Å². The number of anilines is 3. The summed E-state index contributed by atoms with van der Waals surface area (Å²) < 4.78 is 7.53. The molecular weight excluding hydrogens is 380 g/mol. The van der Waals surface area contributed by atoms with Gasteiger partial charge in [0.2, 0.25) is 5.95 Å². The first kappa shape index (κ1) is 20.5. The van der Waals surface area contributed by atoms with E-state index in [2.05, 4.69) is 34.4 Å². The van der Waals surface area contributed by atoms with Crippen molar-refractivity contribution in [1.29, 1.82) is 0 Å². The topological polar surface area (TPSA) is 93.0 Å². The summed E-state index contributed by atoms with van der Waals surface area (Å²) in [4.78, 5) is 16.5. The van der Waals surface area contributed by atoms with Gasteiger partial charge in [-0.1, -0.05) is 13.0 Å². The predicted octanol–water partition coefficient (Wildman–Crippen LogP) is 2.36. The molecule has 160 valence electrons. The van der Waals surface area contributed by atoms with Gasteiger partial charge in [-0.3, -0.25) is 4.68 Å². The Morgan fingerprint density at radius 2 is 2.17 bits per heavy atom. The second kappa shape index (κ2) is 9.36. The lowest BCUT2D eigenvalue weighted by Gasteiger charge is -2.32. The molecule has 0 radical (unpaired) electrons. The molecule has 0 saturated carbocycles. The zero-order valence-corrected chi connectivity index (χ0v) is 17.9. The van der Waals surface area contributed by atoms with Crippen LogP contribution >= 0.6 is 0 Å². The van der Waals surface area contributed by atoms with E-state index in [0.29, 0.717) is 25.8 Å². The number of ether oxygens (including phenoxy) is 1. The van der Waals surface area contributed by atoms with E-state index >= 15 is 0 Å². The highest BCUT2D eigenvalue weighted by Gasteiger charge is 2.23. The Kier molecular flexibility index (Phi) is 6.39. The standard InChI is InChI=1S/C21H30N8O/c1-4-16-18-19(29(27-16)12-13-30-5-2)20(24-17-8-6-7-9-23-17)26-21(25-18)28-11-10-22-15(3)14-28/h6-9,15,22H,4-5,10-14H2,1-3H3,(H,23,24,25,26)/t15-/m1/s1. The first-order valence-corrected chi connectivity index (χ1v) is 10.7. The van der Waals surface area contributed by atoms with Crippen LogP contribution in [0.5, 0.6) is 0 Å². The Hall–Kier alpha value is -2.78. The van der Waals surface area contributed by atoms with Gasteiger partial charge in [0.05, 0.1) is 18.8 Å². The highest BCUT2D eigenvalue weighted by atomic mass is 16.5. The van der Waals surface area contributed by atoms with Crippen molar-refractivity contribution >= 4 is 28.6 Å². The lowest BCUT2D eigenvalue weighted by Crippen LogP contribution is -2.49. The first-order chi connectivity index (χ1) is 14.7. The highest BCUT2D eigenvalue weighted by molar-refractivity contribution is 5.90. The molecule has 2 N–H and O–H groups in total. The summed E-state index contributed by atoms with van der Waals surface area (Å²) in [5, 5.41) is 11.7. The number of hydrogen-bond donors (Lipinski definition) is 2. The smallest absolute Gasteiger partial charge is 0.228 e. The summed E-state index contributed by atoms with van der Waals surface area (Å²) in [5.41, 5.74) is 2.75. The second-order valence-electron chi connectivity index (χ2n) is 7.43. The third-order valence-electron chi connectivity index (χ3n) is 5.19. The summed E-state index contributed by atoms with van der Waals surface area (Å²) in [5.74, 6) is 2.20. The van der Waals surface area contributed by atoms with E-state index in [9.17, 15) is 0 Å². The van der Waals surface area contributed by atoms with Gasteiger partial charge in [0.25, 0.3) is 0 Å². The Morgan fingerprint density at radius 3 is 2.90 bits per heavy atom. The van der Waals surface area contributed by atoms with Gasteiger partial charge in [0.15, 0.2) is 5.82 Å². The van der Waals surface area contributed by atoms with Crippen LogP contribution in [0, 0.1) is 0 Å². The maximum Gasteiger partial charge on any atom is 0.228 e. The molecule has 1 atom stereocenters. The van der Waals surface area contributed by atoms with Gasteiger partial charge in [0, 0.05) is 38.5 Å². The van der Waals surface area contributed by atoms with Gasteiger partial charge in [-0.25, -0.2) is 9.97 Å². The molecule has 0 aromatic carbocycles. The van der Waals surface area contributed by atoms with E-state index < -0.39 is 0 Å². The van der Waals surface area contributed by atoms with E-state index in [4.69, 9.17) is 19.8 Å². The molecular formula is C21H30N8O. The van der Waals surface area contributed by atoms with Crippen LogP contribution < -0.4 is 15.5 Å². The van der Waals surface area contributed by atoms with Crippen molar-refractivity contribution in [3.8, 4) is 0 Å². The van der Waals surface area contributed by atoms with Crippen LogP contribution in [0.3, 0.4) is 0 Å². The van der Waals surface area contributed by atoms with E-state index in [1.165, 1.54) is 0 Å². The molecule has 30 heavy (non-hydrogen) atoms. The van der Waals surface area contributed by atoms with Gasteiger partial charge in [0.1, 0.15) is 16.9 Å². The van der Waals surface area contributed by atoms with E-state index in [-0.39, 0.29) is 0 Å². The van der Waals surface area contributed by atoms with Gasteiger partial charge in [-0.15, -0.1) is 0 Å². The number of nitrogens with one attached hydrogen (secondary N) is 2. The number of hydrogen-bond acceptors (Lipinski definition) is 8. The molecule has 0 amide bonds. The minimum atomic E-state index is 0.393. The van der Waals surface area contributed by atoms with Crippen molar-refractivity contribution in [2.75, 3.05) is 43.1 Å². The third kappa shape index (κ3) is 4.36. The molecule has 9 heteroatoms. The number of aromatic nitrogens is 5. The van der Waals surface area contributed by atoms with Crippen molar-refractivity contribution in [2.45, 2.75) is 39.8 Å².